The van der Waals surface area contributed by atoms with Crippen molar-refractivity contribution >= 4 is 22.1 Å². The van der Waals surface area contributed by atoms with Gasteiger partial charge >= 0.3 is 41.5 Å². The van der Waals surface area contributed by atoms with Crippen LogP contribution in [0.5, 0.6) is 0 Å². The van der Waals surface area contributed by atoms with E-state index in [9.17, 15) is 40.1 Å². The van der Waals surface area contributed by atoms with Gasteiger partial charge < -0.3 is 14.0 Å². The Morgan fingerprint density at radius 3 is 1.78 bits per heavy atom. The van der Waals surface area contributed by atoms with E-state index < -0.39 is 72.6 Å². The monoisotopic (exact) mass is 376 g/mol. The second kappa shape index (κ2) is 12.0. The van der Waals surface area contributed by atoms with Crippen LogP contribution in [0.25, 0.3) is 0 Å². The summed E-state index contributed by atoms with van der Waals surface area (Å²) in [4.78, 5) is 22.5. The summed E-state index contributed by atoms with van der Waals surface area (Å²) in [6.45, 7) is -1.58. The van der Waals surface area contributed by atoms with Crippen LogP contribution in [0.1, 0.15) is 19.3 Å². The molecule has 0 bridgehead atoms. The number of alkyl halides is 4. The first kappa shape index (κ1) is 24.8. The minimum Gasteiger partial charge on any atom is -0.747 e. The number of esters is 2. The molecule has 7 nitrogen and oxygen atoms in total. The predicted octanol–water partition coefficient (Wildman–Crippen LogP) is -2.31. The molecular weight excluding hydrogens is 363 g/mol. The number of ether oxygens (including phenoxy) is 2. The molecule has 0 rings (SSSR count). The molecule has 0 aliphatic heterocycles. The summed E-state index contributed by atoms with van der Waals surface area (Å²) in [5.41, 5.74) is 0. The van der Waals surface area contributed by atoms with Gasteiger partial charge in [0, 0.05) is 12.8 Å². The van der Waals surface area contributed by atoms with Crippen LogP contribution in [0.15, 0.2) is 0 Å². The summed E-state index contributed by atoms with van der Waals surface area (Å²) in [7, 11) is -5.31. The molecule has 0 amide bonds. The molecule has 0 aliphatic rings. The minimum absolute atomic E-state index is 0. The smallest absolute Gasteiger partial charge is 0.747 e. The van der Waals surface area contributed by atoms with E-state index in [1.807, 2.05) is 0 Å². The van der Waals surface area contributed by atoms with Crippen molar-refractivity contribution in [1.29, 1.82) is 0 Å². The zero-order valence-electron chi connectivity index (χ0n) is 12.0. The Hall–Kier alpha value is -0.430. The number of carbonyl (C=O) groups is 2. The van der Waals surface area contributed by atoms with E-state index in [0.29, 0.717) is 0 Å². The van der Waals surface area contributed by atoms with E-state index in [1.165, 1.54) is 0 Å². The fourth-order valence-corrected chi connectivity index (χ4v) is 1.76. The average Bonchev–Trinajstić information content (AvgIpc) is 2.33. The molecule has 0 saturated heterocycles. The van der Waals surface area contributed by atoms with E-state index in [4.69, 9.17) is 0 Å². The van der Waals surface area contributed by atoms with E-state index in [0.717, 1.165) is 0 Å². The SMILES string of the molecule is O=C(CC(C(=O)OCCC(F)F)S(=O)(=O)[O-])OCCC(F)F.[Na+]. The summed E-state index contributed by atoms with van der Waals surface area (Å²) in [5.74, 6) is -3.06. The van der Waals surface area contributed by atoms with Gasteiger partial charge in [-0.3, -0.25) is 9.59 Å². The third-order valence-electron chi connectivity index (χ3n) is 2.14. The number of hydrogen-bond acceptors (Lipinski definition) is 7. The van der Waals surface area contributed by atoms with Gasteiger partial charge in [-0.25, -0.2) is 26.0 Å². The summed E-state index contributed by atoms with van der Waals surface area (Å²) < 4.78 is 88.2. The maximum atomic E-state index is 11.8. The summed E-state index contributed by atoms with van der Waals surface area (Å²) in [6.07, 6.45) is -8.50. The molecule has 0 heterocycles. The molecule has 130 valence electrons. The Bertz CT molecular complexity index is 472. The van der Waals surface area contributed by atoms with Gasteiger partial charge in [0.05, 0.1) is 19.6 Å². The van der Waals surface area contributed by atoms with Crippen LogP contribution in [-0.4, -0.2) is 56.2 Å². The molecule has 0 radical (unpaired) electrons. The largest absolute Gasteiger partial charge is 1.00 e. The van der Waals surface area contributed by atoms with Crippen molar-refractivity contribution in [3.63, 3.8) is 0 Å². The van der Waals surface area contributed by atoms with Gasteiger partial charge in [-0.2, -0.15) is 0 Å². The van der Waals surface area contributed by atoms with Gasteiger partial charge in [-0.1, -0.05) is 0 Å². The van der Waals surface area contributed by atoms with E-state index in [1.54, 1.807) is 0 Å². The molecule has 0 aromatic carbocycles. The van der Waals surface area contributed by atoms with Gasteiger partial charge in [0.2, 0.25) is 12.9 Å². The van der Waals surface area contributed by atoms with Crippen LogP contribution in [0.2, 0.25) is 0 Å². The Kier molecular flexibility index (Phi) is 13.0. The van der Waals surface area contributed by atoms with Gasteiger partial charge in [0.1, 0.15) is 10.1 Å². The Balaban J connectivity index is 0. The quantitative estimate of drug-likeness (QED) is 0.182. The van der Waals surface area contributed by atoms with Gasteiger partial charge in [-0.15, -0.1) is 0 Å². The Labute approximate surface area is 151 Å². The van der Waals surface area contributed by atoms with Crippen LogP contribution in [0.4, 0.5) is 17.6 Å². The second-order valence-electron chi connectivity index (χ2n) is 3.93. The first-order valence-corrected chi connectivity index (χ1v) is 7.34. The van der Waals surface area contributed by atoms with Gasteiger partial charge in [0.15, 0.2) is 5.25 Å². The number of hydrogen-bond donors (Lipinski definition) is 0. The van der Waals surface area contributed by atoms with Gasteiger partial charge in [-0.05, 0) is 0 Å². The molecule has 0 aromatic rings. The molecule has 0 aromatic heterocycles. The topological polar surface area (TPSA) is 110 Å². The molecule has 0 N–H and O–H groups in total. The fourth-order valence-electron chi connectivity index (χ4n) is 1.12. The molecule has 0 saturated carbocycles. The number of carbonyl (C=O) groups excluding carboxylic acids is 2. The molecule has 0 aliphatic carbocycles. The van der Waals surface area contributed by atoms with Gasteiger partial charge in [0.25, 0.3) is 0 Å². The van der Waals surface area contributed by atoms with Crippen LogP contribution in [0, 0.1) is 0 Å². The molecule has 0 fully saturated rings. The Morgan fingerprint density at radius 1 is 0.957 bits per heavy atom. The second-order valence-corrected chi connectivity index (χ2v) is 5.49. The van der Waals surface area contributed by atoms with Crippen molar-refractivity contribution in [1.82, 2.24) is 0 Å². The normalized spacial score (nSPS) is 12.7. The van der Waals surface area contributed by atoms with E-state index in [-0.39, 0.29) is 29.6 Å². The number of halogens is 4. The zero-order chi connectivity index (χ0) is 17.3. The van der Waals surface area contributed by atoms with Crippen molar-refractivity contribution < 1.29 is 79.2 Å². The molecule has 23 heavy (non-hydrogen) atoms. The standard InChI is InChI=1S/C10H14F4O7S.Na/c11-7(12)1-3-20-9(15)5-6(22(17,18)19)10(16)21-4-2-8(13)14;/h6-8H,1-5H2,(H,17,18,19);/q;+1/p-1. The van der Waals surface area contributed by atoms with E-state index >= 15 is 0 Å². The van der Waals surface area contributed by atoms with Crippen LogP contribution in [0.3, 0.4) is 0 Å². The molecule has 1 unspecified atom stereocenters. The maximum absolute atomic E-state index is 11.8. The summed E-state index contributed by atoms with van der Waals surface area (Å²) in [5, 5.41) is -2.48. The third-order valence-corrected chi connectivity index (χ3v) is 3.20. The van der Waals surface area contributed by atoms with Crippen LogP contribution in [-0.2, 0) is 29.2 Å². The third kappa shape index (κ3) is 12.6. The zero-order valence-corrected chi connectivity index (χ0v) is 14.9. The Morgan fingerprint density at radius 2 is 1.39 bits per heavy atom. The molecule has 0 spiro atoms. The fraction of sp³-hybridized carbons (Fsp3) is 0.800. The van der Waals surface area contributed by atoms with Crippen molar-refractivity contribution in [2.45, 2.75) is 37.4 Å². The number of rotatable bonds is 10. The minimum atomic E-state index is -5.31. The molecular formula is C10H13F4NaO7S. The summed E-state index contributed by atoms with van der Waals surface area (Å²) >= 11 is 0. The molecule has 1 atom stereocenters. The predicted molar refractivity (Wildman–Crippen MR) is 61.3 cm³/mol. The van der Waals surface area contributed by atoms with Crippen molar-refractivity contribution in [3.8, 4) is 0 Å². The first-order chi connectivity index (χ1) is 10.0. The van der Waals surface area contributed by atoms with Crippen LogP contribution < -0.4 is 29.6 Å². The first-order valence-electron chi connectivity index (χ1n) is 5.87. The average molecular weight is 376 g/mol. The van der Waals surface area contributed by atoms with Crippen molar-refractivity contribution in [2.75, 3.05) is 13.2 Å². The maximum Gasteiger partial charge on any atom is 1.00 e. The summed E-state index contributed by atoms with van der Waals surface area (Å²) in [6, 6.07) is 0. The van der Waals surface area contributed by atoms with Crippen LogP contribution >= 0.6 is 0 Å². The molecule has 13 heteroatoms. The van der Waals surface area contributed by atoms with Crippen molar-refractivity contribution in [2.24, 2.45) is 0 Å². The van der Waals surface area contributed by atoms with E-state index in [2.05, 4.69) is 9.47 Å². The van der Waals surface area contributed by atoms with Crippen molar-refractivity contribution in [3.05, 3.63) is 0 Å².